The summed E-state index contributed by atoms with van der Waals surface area (Å²) in [6.07, 6.45) is 2.81. The summed E-state index contributed by atoms with van der Waals surface area (Å²) in [6, 6.07) is 2.59. The SMILES string of the molecule is CN(C)c1cc(C(=O)N2CCCC2C(=O)O)ccn1. The fourth-order valence-electron chi connectivity index (χ4n) is 2.23. The van der Waals surface area contributed by atoms with Gasteiger partial charge in [-0.2, -0.15) is 0 Å². The number of carboxylic acids is 1. The molecule has 0 saturated carbocycles. The maximum Gasteiger partial charge on any atom is 0.326 e. The first-order valence-electron chi connectivity index (χ1n) is 6.18. The molecule has 1 aromatic rings. The van der Waals surface area contributed by atoms with Gasteiger partial charge >= 0.3 is 5.97 Å². The fourth-order valence-corrected chi connectivity index (χ4v) is 2.23. The van der Waals surface area contributed by atoms with Gasteiger partial charge in [0.2, 0.25) is 0 Å². The Morgan fingerprint density at radius 3 is 2.84 bits per heavy atom. The van der Waals surface area contributed by atoms with Crippen LogP contribution in [0.25, 0.3) is 0 Å². The number of aliphatic carboxylic acids is 1. The van der Waals surface area contributed by atoms with Gasteiger partial charge in [0, 0.05) is 32.4 Å². The molecular formula is C13H17N3O3. The zero-order chi connectivity index (χ0) is 14.0. The van der Waals surface area contributed by atoms with Gasteiger partial charge in [-0.1, -0.05) is 0 Å². The van der Waals surface area contributed by atoms with Crippen molar-refractivity contribution in [1.82, 2.24) is 9.88 Å². The number of nitrogens with zero attached hydrogens (tertiary/aromatic N) is 3. The Kier molecular flexibility index (Phi) is 3.69. The number of carbonyl (C=O) groups is 2. The highest BCUT2D eigenvalue weighted by Crippen LogP contribution is 2.21. The van der Waals surface area contributed by atoms with Crippen LogP contribution in [0.15, 0.2) is 18.3 Å². The second-order valence-corrected chi connectivity index (χ2v) is 4.79. The molecule has 1 N–H and O–H groups in total. The highest BCUT2D eigenvalue weighted by Gasteiger charge is 2.34. The Labute approximate surface area is 111 Å². The number of carboxylic acid groups (broad SMARTS) is 1. The predicted molar refractivity (Wildman–Crippen MR) is 70.3 cm³/mol. The van der Waals surface area contributed by atoms with Gasteiger partial charge in [0.1, 0.15) is 11.9 Å². The topological polar surface area (TPSA) is 73.7 Å². The molecule has 2 heterocycles. The van der Waals surface area contributed by atoms with Crippen molar-refractivity contribution in [2.75, 3.05) is 25.5 Å². The Bertz CT molecular complexity index is 502. The molecule has 2 rings (SSSR count). The number of amides is 1. The second kappa shape index (κ2) is 5.26. The first-order chi connectivity index (χ1) is 9.00. The lowest BCUT2D eigenvalue weighted by atomic mass is 10.2. The third-order valence-electron chi connectivity index (χ3n) is 3.25. The molecule has 0 aliphatic carbocycles. The smallest absolute Gasteiger partial charge is 0.326 e. The summed E-state index contributed by atoms with van der Waals surface area (Å²) in [4.78, 5) is 30.8. The Hall–Kier alpha value is -2.11. The van der Waals surface area contributed by atoms with Gasteiger partial charge < -0.3 is 14.9 Å². The van der Waals surface area contributed by atoms with Gasteiger partial charge in [-0.15, -0.1) is 0 Å². The normalized spacial score (nSPS) is 18.4. The van der Waals surface area contributed by atoms with E-state index in [9.17, 15) is 9.59 Å². The molecule has 6 nitrogen and oxygen atoms in total. The molecule has 0 radical (unpaired) electrons. The average Bonchev–Trinajstić information content (AvgIpc) is 2.87. The third kappa shape index (κ3) is 2.67. The number of rotatable bonds is 3. The van der Waals surface area contributed by atoms with E-state index >= 15 is 0 Å². The van der Waals surface area contributed by atoms with Crippen molar-refractivity contribution in [3.63, 3.8) is 0 Å². The number of anilines is 1. The van der Waals surface area contributed by atoms with Gasteiger partial charge in [0.05, 0.1) is 0 Å². The third-order valence-corrected chi connectivity index (χ3v) is 3.25. The predicted octanol–water partition coefficient (Wildman–Crippen LogP) is 0.837. The molecule has 102 valence electrons. The first kappa shape index (κ1) is 13.3. The van der Waals surface area contributed by atoms with Gasteiger partial charge in [-0.25, -0.2) is 9.78 Å². The summed E-state index contributed by atoms with van der Waals surface area (Å²) in [6.45, 7) is 0.495. The Balaban J connectivity index is 2.24. The lowest BCUT2D eigenvalue weighted by Crippen LogP contribution is -2.40. The molecule has 1 fully saturated rings. The monoisotopic (exact) mass is 263 g/mol. The number of carbonyl (C=O) groups excluding carboxylic acids is 1. The average molecular weight is 263 g/mol. The van der Waals surface area contributed by atoms with Crippen molar-refractivity contribution < 1.29 is 14.7 Å². The van der Waals surface area contributed by atoms with Crippen LogP contribution in [0, 0.1) is 0 Å². The molecule has 1 unspecified atom stereocenters. The molecule has 1 amide bonds. The Morgan fingerprint density at radius 1 is 1.47 bits per heavy atom. The van der Waals surface area contributed by atoms with Crippen molar-refractivity contribution in [3.8, 4) is 0 Å². The van der Waals surface area contributed by atoms with Gasteiger partial charge in [-0.3, -0.25) is 4.79 Å². The van der Waals surface area contributed by atoms with Crippen molar-refractivity contribution in [2.24, 2.45) is 0 Å². The summed E-state index contributed by atoms with van der Waals surface area (Å²) >= 11 is 0. The zero-order valence-electron chi connectivity index (χ0n) is 11.0. The molecule has 0 bridgehead atoms. The van der Waals surface area contributed by atoms with E-state index in [1.807, 2.05) is 14.1 Å². The molecule has 6 heteroatoms. The highest BCUT2D eigenvalue weighted by molar-refractivity contribution is 5.97. The highest BCUT2D eigenvalue weighted by atomic mass is 16.4. The van der Waals surface area contributed by atoms with Crippen LogP contribution in [-0.4, -0.2) is 53.5 Å². The van der Waals surface area contributed by atoms with Gasteiger partial charge in [0.25, 0.3) is 5.91 Å². The van der Waals surface area contributed by atoms with Crippen LogP contribution in [0.1, 0.15) is 23.2 Å². The minimum absolute atomic E-state index is 0.240. The van der Waals surface area contributed by atoms with Crippen LogP contribution < -0.4 is 4.90 Å². The van der Waals surface area contributed by atoms with E-state index in [0.717, 1.165) is 6.42 Å². The number of likely N-dealkylation sites (tertiary alicyclic amines) is 1. The number of hydrogen-bond acceptors (Lipinski definition) is 4. The molecule has 0 spiro atoms. The quantitative estimate of drug-likeness (QED) is 0.874. The van der Waals surface area contributed by atoms with Crippen LogP contribution in [0.2, 0.25) is 0 Å². The van der Waals surface area contributed by atoms with Gasteiger partial charge in [-0.05, 0) is 25.0 Å². The molecule has 1 saturated heterocycles. The molecule has 1 atom stereocenters. The van der Waals surface area contributed by atoms with E-state index < -0.39 is 12.0 Å². The minimum Gasteiger partial charge on any atom is -0.480 e. The summed E-state index contributed by atoms with van der Waals surface area (Å²) in [7, 11) is 3.68. The van der Waals surface area contributed by atoms with Crippen LogP contribution in [0.4, 0.5) is 5.82 Å². The fraction of sp³-hybridized carbons (Fsp3) is 0.462. The Morgan fingerprint density at radius 2 is 2.21 bits per heavy atom. The lowest BCUT2D eigenvalue weighted by Gasteiger charge is -2.22. The van der Waals surface area contributed by atoms with E-state index in [2.05, 4.69) is 4.98 Å². The van der Waals surface area contributed by atoms with E-state index in [1.165, 1.54) is 4.90 Å². The number of aromatic nitrogens is 1. The molecule has 1 aliphatic rings. The van der Waals surface area contributed by atoms with Crippen LogP contribution in [-0.2, 0) is 4.79 Å². The molecular weight excluding hydrogens is 246 g/mol. The maximum absolute atomic E-state index is 12.4. The number of pyridine rings is 1. The first-order valence-corrected chi connectivity index (χ1v) is 6.18. The van der Waals surface area contributed by atoms with Crippen molar-refractivity contribution in [3.05, 3.63) is 23.9 Å². The minimum atomic E-state index is -0.937. The zero-order valence-corrected chi connectivity index (χ0v) is 11.0. The van der Waals surface area contributed by atoms with E-state index in [0.29, 0.717) is 24.3 Å². The summed E-state index contributed by atoms with van der Waals surface area (Å²) in [5.74, 6) is -0.500. The standard InChI is InChI=1S/C13H17N3O3/c1-15(2)11-8-9(5-6-14-11)12(17)16-7-3-4-10(16)13(18)19/h5-6,8,10H,3-4,7H2,1-2H3,(H,18,19). The van der Waals surface area contributed by atoms with Crippen LogP contribution in [0.3, 0.4) is 0 Å². The van der Waals surface area contributed by atoms with Crippen molar-refractivity contribution >= 4 is 17.7 Å². The largest absolute Gasteiger partial charge is 0.480 e. The summed E-state index contributed by atoms with van der Waals surface area (Å²) in [5, 5.41) is 9.11. The van der Waals surface area contributed by atoms with Gasteiger partial charge in [0.15, 0.2) is 0 Å². The molecule has 1 aromatic heterocycles. The molecule has 1 aliphatic heterocycles. The maximum atomic E-state index is 12.4. The summed E-state index contributed by atoms with van der Waals surface area (Å²) in [5.41, 5.74) is 0.479. The molecule has 0 aromatic carbocycles. The van der Waals surface area contributed by atoms with Crippen LogP contribution in [0.5, 0.6) is 0 Å². The number of hydrogen-bond donors (Lipinski definition) is 1. The van der Waals surface area contributed by atoms with Crippen molar-refractivity contribution in [1.29, 1.82) is 0 Å². The van der Waals surface area contributed by atoms with Crippen LogP contribution >= 0.6 is 0 Å². The molecule has 19 heavy (non-hydrogen) atoms. The second-order valence-electron chi connectivity index (χ2n) is 4.79. The van der Waals surface area contributed by atoms with E-state index in [-0.39, 0.29) is 5.91 Å². The van der Waals surface area contributed by atoms with Crippen molar-refractivity contribution in [2.45, 2.75) is 18.9 Å². The summed E-state index contributed by atoms with van der Waals surface area (Å²) < 4.78 is 0. The van der Waals surface area contributed by atoms with E-state index in [1.54, 1.807) is 23.2 Å². The van der Waals surface area contributed by atoms with E-state index in [4.69, 9.17) is 5.11 Å². The lowest BCUT2D eigenvalue weighted by molar-refractivity contribution is -0.141.